The topological polar surface area (TPSA) is 0 Å². The van der Waals surface area contributed by atoms with Crippen LogP contribution in [-0.4, -0.2) is 0 Å². The van der Waals surface area contributed by atoms with Gasteiger partial charge in [-0.2, -0.15) is 0 Å². The fraction of sp³-hybridized carbons (Fsp3) is 0.467. The third kappa shape index (κ3) is 1.62. The first kappa shape index (κ1) is 10.5. The maximum absolute atomic E-state index is 2.41. The standard InChI is InChI=1S/C13H14.C2H6/c1-9-5-6-11-8-7-10-3-2-4-12(9)13(10)11;1-2/h2-6,11,13H,7-8H2,1H3;1-2H3. The van der Waals surface area contributed by atoms with Crippen molar-refractivity contribution in [3.63, 3.8) is 0 Å². The summed E-state index contributed by atoms with van der Waals surface area (Å²) >= 11 is 0. The van der Waals surface area contributed by atoms with Gasteiger partial charge in [-0.15, -0.1) is 0 Å². The van der Waals surface area contributed by atoms with Crippen LogP contribution in [0, 0.1) is 11.8 Å². The molecule has 0 aromatic carbocycles. The normalized spacial score (nSPS) is 30.7. The molecule has 15 heavy (non-hydrogen) atoms. The molecule has 80 valence electrons. The highest BCUT2D eigenvalue weighted by Gasteiger charge is 2.34. The van der Waals surface area contributed by atoms with Crippen LogP contribution in [0.25, 0.3) is 0 Å². The summed E-state index contributed by atoms with van der Waals surface area (Å²) in [5.74, 6) is 1.55. The lowest BCUT2D eigenvalue weighted by atomic mass is 9.78. The van der Waals surface area contributed by atoms with Crippen LogP contribution in [0.5, 0.6) is 0 Å². The molecular formula is C15H20. The summed E-state index contributed by atoms with van der Waals surface area (Å²) in [5, 5.41) is 0. The molecule has 3 aliphatic rings. The summed E-state index contributed by atoms with van der Waals surface area (Å²) in [7, 11) is 0. The van der Waals surface area contributed by atoms with Crippen molar-refractivity contribution in [2.24, 2.45) is 11.8 Å². The van der Waals surface area contributed by atoms with Crippen LogP contribution in [-0.2, 0) is 0 Å². The van der Waals surface area contributed by atoms with E-state index in [1.165, 1.54) is 18.4 Å². The fourth-order valence-electron chi connectivity index (χ4n) is 2.88. The van der Waals surface area contributed by atoms with E-state index in [0.717, 1.165) is 11.8 Å². The minimum Gasteiger partial charge on any atom is -0.0802 e. The zero-order chi connectivity index (χ0) is 10.8. The molecule has 1 fully saturated rings. The van der Waals surface area contributed by atoms with Gasteiger partial charge >= 0.3 is 0 Å². The number of allylic oxidation sites excluding steroid dienone is 8. The average Bonchev–Trinajstić information content (AvgIpc) is 2.71. The summed E-state index contributed by atoms with van der Waals surface area (Å²) in [6.07, 6.45) is 14.2. The van der Waals surface area contributed by atoms with Crippen LogP contribution in [0.3, 0.4) is 0 Å². The zero-order valence-electron chi connectivity index (χ0n) is 9.96. The van der Waals surface area contributed by atoms with E-state index in [4.69, 9.17) is 0 Å². The van der Waals surface area contributed by atoms with Crippen molar-refractivity contribution >= 4 is 0 Å². The van der Waals surface area contributed by atoms with Crippen LogP contribution in [0.2, 0.25) is 0 Å². The smallest absolute Gasteiger partial charge is 0.0117 e. The first-order valence-electron chi connectivity index (χ1n) is 6.12. The number of hydrogen-bond donors (Lipinski definition) is 0. The Hall–Kier alpha value is -1.04. The second kappa shape index (κ2) is 4.22. The van der Waals surface area contributed by atoms with Crippen molar-refractivity contribution in [3.05, 3.63) is 47.1 Å². The molecule has 0 heteroatoms. The molecule has 2 unspecified atom stereocenters. The highest BCUT2D eigenvalue weighted by Crippen LogP contribution is 2.47. The van der Waals surface area contributed by atoms with E-state index < -0.39 is 0 Å². The first-order valence-corrected chi connectivity index (χ1v) is 6.12. The van der Waals surface area contributed by atoms with E-state index in [1.807, 2.05) is 13.8 Å². The van der Waals surface area contributed by atoms with Gasteiger partial charge in [0, 0.05) is 5.92 Å². The second-order valence-electron chi connectivity index (χ2n) is 4.28. The minimum absolute atomic E-state index is 0.745. The summed E-state index contributed by atoms with van der Waals surface area (Å²) in [4.78, 5) is 0. The van der Waals surface area contributed by atoms with Gasteiger partial charge in [0.05, 0.1) is 0 Å². The quantitative estimate of drug-likeness (QED) is 0.543. The van der Waals surface area contributed by atoms with Crippen molar-refractivity contribution in [2.75, 3.05) is 0 Å². The molecule has 0 aliphatic heterocycles. The van der Waals surface area contributed by atoms with E-state index in [2.05, 4.69) is 37.3 Å². The van der Waals surface area contributed by atoms with E-state index in [1.54, 1.807) is 11.1 Å². The van der Waals surface area contributed by atoms with Crippen LogP contribution < -0.4 is 0 Å². The molecule has 1 saturated carbocycles. The predicted octanol–water partition coefficient (Wildman–Crippen LogP) is 4.42. The molecule has 0 aromatic heterocycles. The van der Waals surface area contributed by atoms with Crippen molar-refractivity contribution < 1.29 is 0 Å². The fourth-order valence-corrected chi connectivity index (χ4v) is 2.88. The maximum atomic E-state index is 2.41. The Morgan fingerprint density at radius 3 is 2.80 bits per heavy atom. The largest absolute Gasteiger partial charge is 0.0802 e. The van der Waals surface area contributed by atoms with E-state index >= 15 is 0 Å². The third-order valence-electron chi connectivity index (χ3n) is 3.56. The van der Waals surface area contributed by atoms with Crippen LogP contribution in [0.1, 0.15) is 33.6 Å². The van der Waals surface area contributed by atoms with Gasteiger partial charge in [-0.3, -0.25) is 0 Å². The van der Waals surface area contributed by atoms with Crippen molar-refractivity contribution in [2.45, 2.75) is 33.6 Å². The average molecular weight is 200 g/mol. The summed E-state index contributed by atoms with van der Waals surface area (Å²) in [6, 6.07) is 0. The van der Waals surface area contributed by atoms with Crippen molar-refractivity contribution in [3.8, 4) is 0 Å². The Labute approximate surface area is 93.1 Å². The second-order valence-corrected chi connectivity index (χ2v) is 4.28. The van der Waals surface area contributed by atoms with Gasteiger partial charge < -0.3 is 0 Å². The SMILES string of the molecule is CC.CC1=C2C=CC=C3CCC(C=C1)C32. The first-order chi connectivity index (χ1) is 7.36. The van der Waals surface area contributed by atoms with Gasteiger partial charge in [-0.1, -0.05) is 49.8 Å². The number of hydrogen-bond acceptors (Lipinski definition) is 0. The van der Waals surface area contributed by atoms with Crippen LogP contribution in [0.15, 0.2) is 47.1 Å². The molecule has 0 aromatic rings. The molecule has 0 nitrogen and oxygen atoms in total. The summed E-state index contributed by atoms with van der Waals surface area (Å²) in [5.41, 5.74) is 4.69. The molecule has 2 atom stereocenters. The van der Waals surface area contributed by atoms with Gasteiger partial charge in [0.25, 0.3) is 0 Å². The Morgan fingerprint density at radius 2 is 2.00 bits per heavy atom. The maximum Gasteiger partial charge on any atom is 0.0117 e. The zero-order valence-corrected chi connectivity index (χ0v) is 9.96. The molecule has 0 spiro atoms. The summed E-state index contributed by atoms with van der Waals surface area (Å²) < 4.78 is 0. The third-order valence-corrected chi connectivity index (χ3v) is 3.56. The van der Waals surface area contributed by atoms with Gasteiger partial charge in [0.1, 0.15) is 0 Å². The Kier molecular flexibility index (Phi) is 2.95. The monoisotopic (exact) mass is 200 g/mol. The Balaban J connectivity index is 0.000000404. The molecule has 3 aliphatic carbocycles. The van der Waals surface area contributed by atoms with Crippen molar-refractivity contribution in [1.82, 2.24) is 0 Å². The van der Waals surface area contributed by atoms with Gasteiger partial charge in [-0.25, -0.2) is 0 Å². The molecule has 3 rings (SSSR count). The highest BCUT2D eigenvalue weighted by atomic mass is 14.4. The molecular weight excluding hydrogens is 180 g/mol. The molecule has 0 radical (unpaired) electrons. The van der Waals surface area contributed by atoms with Gasteiger partial charge in [-0.05, 0) is 36.8 Å². The summed E-state index contributed by atoms with van der Waals surface area (Å²) in [6.45, 7) is 6.23. The van der Waals surface area contributed by atoms with E-state index in [-0.39, 0.29) is 0 Å². The molecule has 0 N–H and O–H groups in total. The van der Waals surface area contributed by atoms with Gasteiger partial charge in [0.2, 0.25) is 0 Å². The van der Waals surface area contributed by atoms with E-state index in [9.17, 15) is 0 Å². The highest BCUT2D eigenvalue weighted by molar-refractivity contribution is 5.49. The lowest BCUT2D eigenvalue weighted by molar-refractivity contribution is 0.566. The van der Waals surface area contributed by atoms with Crippen molar-refractivity contribution in [1.29, 1.82) is 0 Å². The van der Waals surface area contributed by atoms with Crippen LogP contribution >= 0.6 is 0 Å². The number of rotatable bonds is 0. The Bertz CT molecular complexity index is 363. The lowest BCUT2D eigenvalue weighted by Crippen LogP contribution is -2.15. The molecule has 0 amide bonds. The predicted molar refractivity (Wildman–Crippen MR) is 66.6 cm³/mol. The Morgan fingerprint density at radius 1 is 1.20 bits per heavy atom. The molecule has 0 saturated heterocycles. The minimum atomic E-state index is 0.745. The lowest BCUT2D eigenvalue weighted by Gasteiger charge is -2.26. The molecule has 0 bridgehead atoms. The van der Waals surface area contributed by atoms with E-state index in [0.29, 0.717) is 0 Å². The molecule has 0 heterocycles. The van der Waals surface area contributed by atoms with Crippen LogP contribution in [0.4, 0.5) is 0 Å². The van der Waals surface area contributed by atoms with Gasteiger partial charge in [0.15, 0.2) is 0 Å².